The number of aryl methyl sites for hydroxylation is 1. The van der Waals surface area contributed by atoms with Gasteiger partial charge < -0.3 is 4.74 Å². The Balaban J connectivity index is 2.81. The summed E-state index contributed by atoms with van der Waals surface area (Å²) in [6.07, 6.45) is -0.223. The lowest BCUT2D eigenvalue weighted by molar-refractivity contribution is -0.115. The van der Waals surface area contributed by atoms with Crippen LogP contribution in [0, 0.1) is 18.3 Å². The first-order valence-electron chi connectivity index (χ1n) is 4.22. The highest BCUT2D eigenvalue weighted by molar-refractivity contribution is 5.90. The van der Waals surface area contributed by atoms with Crippen molar-refractivity contribution < 1.29 is 9.53 Å². The van der Waals surface area contributed by atoms with Gasteiger partial charge >= 0.3 is 0 Å². The van der Waals surface area contributed by atoms with E-state index < -0.39 is 5.91 Å². The number of rotatable bonds is 3. The van der Waals surface area contributed by atoms with Crippen molar-refractivity contribution in [1.82, 2.24) is 9.97 Å². The zero-order valence-corrected chi connectivity index (χ0v) is 8.44. The van der Waals surface area contributed by atoms with Gasteiger partial charge in [-0.3, -0.25) is 10.1 Å². The van der Waals surface area contributed by atoms with Gasteiger partial charge in [0.1, 0.15) is 6.42 Å². The first-order chi connectivity index (χ1) is 7.15. The highest BCUT2D eigenvalue weighted by Crippen LogP contribution is 2.10. The van der Waals surface area contributed by atoms with Gasteiger partial charge in [0.15, 0.2) is 0 Å². The topological polar surface area (TPSA) is 87.9 Å². The van der Waals surface area contributed by atoms with Crippen LogP contribution < -0.4 is 10.1 Å². The number of ether oxygens (including phenoxy) is 1. The van der Waals surface area contributed by atoms with Crippen molar-refractivity contribution in [3.05, 3.63) is 11.8 Å². The van der Waals surface area contributed by atoms with Gasteiger partial charge in [0, 0.05) is 11.8 Å². The van der Waals surface area contributed by atoms with Gasteiger partial charge in [-0.25, -0.2) is 4.98 Å². The molecule has 1 heterocycles. The molecule has 6 heteroatoms. The summed E-state index contributed by atoms with van der Waals surface area (Å²) in [6, 6.07) is 3.37. The lowest BCUT2D eigenvalue weighted by atomic mass is 10.4. The van der Waals surface area contributed by atoms with Crippen molar-refractivity contribution in [3.63, 3.8) is 0 Å². The molecule has 0 aliphatic heterocycles. The van der Waals surface area contributed by atoms with Gasteiger partial charge in [-0.15, -0.1) is 0 Å². The lowest BCUT2D eigenvalue weighted by Gasteiger charge is -2.04. The van der Waals surface area contributed by atoms with Crippen molar-refractivity contribution in [3.8, 4) is 11.9 Å². The average Bonchev–Trinajstić information content (AvgIpc) is 2.17. The van der Waals surface area contributed by atoms with E-state index in [1.165, 1.54) is 7.11 Å². The van der Waals surface area contributed by atoms with E-state index in [0.717, 1.165) is 0 Å². The van der Waals surface area contributed by atoms with Gasteiger partial charge in [0.25, 0.3) is 0 Å². The molecule has 1 aromatic rings. The second kappa shape index (κ2) is 4.91. The maximum Gasteiger partial charge on any atom is 0.240 e. The Kier molecular flexibility index (Phi) is 3.57. The SMILES string of the molecule is COc1cc(C)nc(NC(=O)CC#N)n1. The maximum atomic E-state index is 11.1. The molecule has 1 aromatic heterocycles. The molecule has 0 aromatic carbocycles. The van der Waals surface area contributed by atoms with E-state index >= 15 is 0 Å². The van der Waals surface area contributed by atoms with E-state index in [9.17, 15) is 4.79 Å². The summed E-state index contributed by atoms with van der Waals surface area (Å²) in [7, 11) is 1.47. The van der Waals surface area contributed by atoms with E-state index in [1.54, 1.807) is 19.1 Å². The molecule has 0 saturated carbocycles. The van der Waals surface area contributed by atoms with Gasteiger partial charge in [-0.1, -0.05) is 0 Å². The highest BCUT2D eigenvalue weighted by atomic mass is 16.5. The molecule has 1 rings (SSSR count). The summed E-state index contributed by atoms with van der Waals surface area (Å²) in [6.45, 7) is 1.75. The Bertz CT molecular complexity index is 411. The van der Waals surface area contributed by atoms with E-state index in [0.29, 0.717) is 11.6 Å². The highest BCUT2D eigenvalue weighted by Gasteiger charge is 2.06. The van der Waals surface area contributed by atoms with Crippen LogP contribution in [0.15, 0.2) is 6.07 Å². The van der Waals surface area contributed by atoms with Crippen LogP contribution in [0.5, 0.6) is 5.88 Å². The van der Waals surface area contributed by atoms with Gasteiger partial charge in [0.05, 0.1) is 13.2 Å². The molecule has 15 heavy (non-hydrogen) atoms. The fourth-order valence-electron chi connectivity index (χ4n) is 0.941. The van der Waals surface area contributed by atoms with E-state index in [1.807, 2.05) is 0 Å². The van der Waals surface area contributed by atoms with Crippen molar-refractivity contribution >= 4 is 11.9 Å². The molecule has 0 atom stereocenters. The number of hydrogen-bond acceptors (Lipinski definition) is 5. The summed E-state index contributed by atoms with van der Waals surface area (Å²) in [5.74, 6) is 0.0759. The molecule has 6 nitrogen and oxygen atoms in total. The third-order valence-corrected chi connectivity index (χ3v) is 1.53. The zero-order chi connectivity index (χ0) is 11.3. The molecule has 1 amide bonds. The van der Waals surface area contributed by atoms with E-state index in [4.69, 9.17) is 10.00 Å². The zero-order valence-electron chi connectivity index (χ0n) is 8.44. The summed E-state index contributed by atoms with van der Waals surface area (Å²) in [5.41, 5.74) is 0.675. The number of aromatic nitrogens is 2. The number of hydrogen-bond donors (Lipinski definition) is 1. The van der Waals surface area contributed by atoms with Crippen LogP contribution in [0.4, 0.5) is 5.95 Å². The number of carbonyl (C=O) groups is 1. The molecular formula is C9H10N4O2. The van der Waals surface area contributed by atoms with Crippen LogP contribution in [0.1, 0.15) is 12.1 Å². The van der Waals surface area contributed by atoms with Crippen molar-refractivity contribution in [2.24, 2.45) is 0 Å². The number of nitriles is 1. The smallest absolute Gasteiger partial charge is 0.240 e. The predicted molar refractivity (Wildman–Crippen MR) is 52.2 cm³/mol. The van der Waals surface area contributed by atoms with Crippen molar-refractivity contribution in [2.75, 3.05) is 12.4 Å². The Hall–Kier alpha value is -2.16. The third-order valence-electron chi connectivity index (χ3n) is 1.53. The van der Waals surface area contributed by atoms with Crippen LogP contribution in [-0.2, 0) is 4.79 Å². The van der Waals surface area contributed by atoms with E-state index in [2.05, 4.69) is 15.3 Å². The molecule has 0 fully saturated rings. The standard InChI is InChI=1S/C9H10N4O2/c1-6-5-8(15-2)13-9(11-6)12-7(14)3-4-10/h5H,3H2,1-2H3,(H,11,12,13,14). The molecule has 78 valence electrons. The van der Waals surface area contributed by atoms with Crippen LogP contribution >= 0.6 is 0 Å². The number of nitrogens with one attached hydrogen (secondary N) is 1. The monoisotopic (exact) mass is 206 g/mol. The summed E-state index contributed by atoms with van der Waals surface area (Å²) >= 11 is 0. The Labute approximate surface area is 86.9 Å². The normalized spacial score (nSPS) is 9.13. The first kappa shape index (κ1) is 10.9. The summed E-state index contributed by atoms with van der Waals surface area (Å²) in [5, 5.41) is 10.7. The van der Waals surface area contributed by atoms with Crippen molar-refractivity contribution in [1.29, 1.82) is 5.26 Å². The first-order valence-corrected chi connectivity index (χ1v) is 4.22. The largest absolute Gasteiger partial charge is 0.481 e. The molecule has 0 aliphatic carbocycles. The minimum absolute atomic E-state index is 0.145. The lowest BCUT2D eigenvalue weighted by Crippen LogP contribution is -2.13. The number of nitrogens with zero attached hydrogens (tertiary/aromatic N) is 3. The quantitative estimate of drug-likeness (QED) is 0.784. The fourth-order valence-corrected chi connectivity index (χ4v) is 0.941. The van der Waals surface area contributed by atoms with E-state index in [-0.39, 0.29) is 12.4 Å². The Morgan fingerprint density at radius 2 is 2.40 bits per heavy atom. The molecule has 0 bridgehead atoms. The van der Waals surface area contributed by atoms with Crippen LogP contribution in [-0.4, -0.2) is 23.0 Å². The van der Waals surface area contributed by atoms with Crippen molar-refractivity contribution in [2.45, 2.75) is 13.3 Å². The second-order valence-electron chi connectivity index (χ2n) is 2.76. The van der Waals surface area contributed by atoms with Gasteiger partial charge in [-0.2, -0.15) is 10.2 Å². The molecule has 0 spiro atoms. The number of methoxy groups -OCH3 is 1. The molecule has 0 radical (unpaired) electrons. The average molecular weight is 206 g/mol. The third kappa shape index (κ3) is 3.23. The maximum absolute atomic E-state index is 11.1. The number of amides is 1. The number of carbonyl (C=O) groups excluding carboxylic acids is 1. The number of anilines is 1. The fraction of sp³-hybridized carbons (Fsp3) is 0.333. The molecule has 0 aliphatic rings. The Morgan fingerprint density at radius 1 is 1.67 bits per heavy atom. The predicted octanol–water partition coefficient (Wildman–Crippen LogP) is 0.646. The second-order valence-corrected chi connectivity index (χ2v) is 2.76. The minimum Gasteiger partial charge on any atom is -0.481 e. The van der Waals surface area contributed by atoms with Crippen LogP contribution in [0.3, 0.4) is 0 Å². The molecule has 0 unspecified atom stereocenters. The molecular weight excluding hydrogens is 196 g/mol. The summed E-state index contributed by atoms with van der Waals surface area (Å²) in [4.78, 5) is 18.9. The minimum atomic E-state index is -0.440. The molecule has 1 N–H and O–H groups in total. The Morgan fingerprint density at radius 3 is 3.00 bits per heavy atom. The molecule has 0 saturated heterocycles. The van der Waals surface area contributed by atoms with Gasteiger partial charge in [-0.05, 0) is 6.92 Å². The van der Waals surface area contributed by atoms with Gasteiger partial charge in [0.2, 0.25) is 17.7 Å². The van der Waals surface area contributed by atoms with Crippen LogP contribution in [0.2, 0.25) is 0 Å². The summed E-state index contributed by atoms with van der Waals surface area (Å²) < 4.78 is 4.91. The van der Waals surface area contributed by atoms with Crippen LogP contribution in [0.25, 0.3) is 0 Å².